The van der Waals surface area contributed by atoms with Gasteiger partial charge in [-0.2, -0.15) is 4.31 Å². The van der Waals surface area contributed by atoms with Crippen molar-refractivity contribution in [3.8, 4) is 0 Å². The Bertz CT molecular complexity index is 2350. The van der Waals surface area contributed by atoms with E-state index in [4.69, 9.17) is 20.2 Å². The molecule has 0 bridgehead atoms. The lowest BCUT2D eigenvalue weighted by Gasteiger charge is -2.34. The van der Waals surface area contributed by atoms with Crippen molar-refractivity contribution in [1.82, 2.24) is 24.9 Å². The van der Waals surface area contributed by atoms with Crippen molar-refractivity contribution < 1.29 is 35.9 Å². The second-order valence-electron chi connectivity index (χ2n) is 16.3. The summed E-state index contributed by atoms with van der Waals surface area (Å²) in [7, 11) is -1.99. The molecule has 60 heavy (non-hydrogen) atoms. The van der Waals surface area contributed by atoms with Gasteiger partial charge in [-0.3, -0.25) is 15.0 Å². The molecule has 1 saturated heterocycles. The Kier molecular flexibility index (Phi) is 17.9. The van der Waals surface area contributed by atoms with Gasteiger partial charge in [0.05, 0.1) is 9.79 Å². The number of alkyl carbamates (subject to hydrolysis) is 2. The summed E-state index contributed by atoms with van der Waals surface area (Å²) in [4.78, 5) is 35.9. The summed E-state index contributed by atoms with van der Waals surface area (Å²) in [6.45, 7) is 15.8. The Morgan fingerprint density at radius 3 is 1.72 bits per heavy atom. The molecule has 0 aliphatic carbocycles. The minimum Gasteiger partial charge on any atom is -0.444 e. The third-order valence-corrected chi connectivity index (χ3v) is 12.7. The first-order chi connectivity index (χ1) is 27.5. The van der Waals surface area contributed by atoms with Crippen LogP contribution in [0.2, 0.25) is 0 Å². The fourth-order valence-electron chi connectivity index (χ4n) is 6.44. The quantitative estimate of drug-likeness (QED) is 0.170. The summed E-state index contributed by atoms with van der Waals surface area (Å²) >= 11 is 0. The fraction of sp³-hybridized carbons (Fsp3) is 0.452. The molecule has 0 saturated carbocycles. The first-order valence-electron chi connectivity index (χ1n) is 19.3. The van der Waals surface area contributed by atoms with Crippen LogP contribution in [0.15, 0.2) is 100 Å². The molecule has 1 fully saturated rings. The molecule has 3 atom stereocenters. The predicted molar refractivity (Wildman–Crippen MR) is 239 cm³/mol. The zero-order valence-corrected chi connectivity index (χ0v) is 38.4. The highest BCUT2D eigenvalue weighted by Crippen LogP contribution is 2.30. The van der Waals surface area contributed by atoms with Gasteiger partial charge in [-0.05, 0) is 105 Å². The maximum absolute atomic E-state index is 13.2. The van der Waals surface area contributed by atoms with E-state index in [9.17, 15) is 26.4 Å². The summed E-state index contributed by atoms with van der Waals surface area (Å²) in [5.41, 5.74) is -0.997. The standard InChI is InChI=1S/C21H29N3O4S.C12H20N2O2.C9H6ClNO2S.ClH/c1-15(23-20(25)28-21(2,3)4)16-9-12-24(13-10-16)29(26,27)19-7-5-6-17-14-22-11-8-18(17)19;1-9(10-5-7-13-8-6-10)14-11(15)16-12(2,3)4;10-14(12,13)9-3-1-2-7-6-11-5-4-8(7)9;/h5-8,11,14-16H,9-10,12-13H2,1-4H3,(H,23,25);5,7-10H,6H2,1-4H3,(H,14,15);1-6H;1H/t15-;9-,10?;;/m11../s1. The molecular formula is C42H56Cl2N6O8S2. The molecule has 6 rings (SSSR count). The summed E-state index contributed by atoms with van der Waals surface area (Å²) in [5, 5.41) is 8.55. The van der Waals surface area contributed by atoms with Crippen molar-refractivity contribution in [3.05, 3.63) is 85.6 Å². The van der Waals surface area contributed by atoms with Crippen LogP contribution in [-0.2, 0) is 28.5 Å². The normalized spacial score (nSPS) is 17.1. The van der Waals surface area contributed by atoms with Crippen LogP contribution in [0.25, 0.3) is 21.5 Å². The van der Waals surface area contributed by atoms with Crippen LogP contribution >= 0.6 is 23.1 Å². The lowest BCUT2D eigenvalue weighted by molar-refractivity contribution is 0.0475. The van der Waals surface area contributed by atoms with E-state index in [1.54, 1.807) is 65.5 Å². The molecule has 14 nitrogen and oxygen atoms in total. The molecule has 2 aromatic heterocycles. The summed E-state index contributed by atoms with van der Waals surface area (Å²) in [6, 6.07) is 13.5. The third-order valence-electron chi connectivity index (χ3n) is 9.40. The number of piperidine rings is 1. The largest absolute Gasteiger partial charge is 0.444 e. The van der Waals surface area contributed by atoms with Gasteiger partial charge in [0.2, 0.25) is 10.0 Å². The van der Waals surface area contributed by atoms with Crippen LogP contribution in [-0.4, -0.2) is 85.9 Å². The molecular weight excluding hydrogens is 852 g/mol. The van der Waals surface area contributed by atoms with Gasteiger partial charge in [0, 0.05) is 101 Å². The molecule has 0 radical (unpaired) electrons. The van der Waals surface area contributed by atoms with Crippen LogP contribution in [0.1, 0.15) is 74.7 Å². The van der Waals surface area contributed by atoms with E-state index < -0.39 is 36.4 Å². The lowest BCUT2D eigenvalue weighted by Crippen LogP contribution is -2.46. The number of rotatable bonds is 7. The SMILES string of the molecule is C[C@@H](NC(=O)OC(C)(C)C)C1C=CN=CC1.C[C@@H](NC(=O)OC(C)(C)C)C1CCN(S(=O)(=O)c2cccc3cnccc23)CC1.Cl.O=S(=O)(Cl)c1cccc2cnccc12. The van der Waals surface area contributed by atoms with Crippen LogP contribution in [0.4, 0.5) is 9.59 Å². The average molecular weight is 908 g/mol. The van der Waals surface area contributed by atoms with Gasteiger partial charge in [-0.15, -0.1) is 12.4 Å². The highest BCUT2D eigenvalue weighted by molar-refractivity contribution is 8.14. The number of aromatic nitrogens is 2. The second kappa shape index (κ2) is 21.4. The Hall–Kier alpha value is -4.35. The lowest BCUT2D eigenvalue weighted by atomic mass is 9.91. The van der Waals surface area contributed by atoms with E-state index >= 15 is 0 Å². The van der Waals surface area contributed by atoms with Crippen LogP contribution in [0.3, 0.4) is 0 Å². The molecule has 2 aliphatic heterocycles. The molecule has 0 spiro atoms. The topological polar surface area (TPSA) is 186 Å². The number of aliphatic imine (C=N–C) groups is 1. The van der Waals surface area contributed by atoms with Gasteiger partial charge >= 0.3 is 12.2 Å². The maximum Gasteiger partial charge on any atom is 0.407 e. The molecule has 2 amide bonds. The van der Waals surface area contributed by atoms with Gasteiger partial charge in [0.15, 0.2) is 0 Å². The summed E-state index contributed by atoms with van der Waals surface area (Å²) in [5.74, 6) is 0.496. The number of hydrogen-bond donors (Lipinski definition) is 2. The molecule has 328 valence electrons. The van der Waals surface area contributed by atoms with Crippen molar-refractivity contribution in [1.29, 1.82) is 0 Å². The number of pyridine rings is 2. The van der Waals surface area contributed by atoms with Crippen molar-refractivity contribution in [2.45, 2.75) is 108 Å². The number of nitrogens with one attached hydrogen (secondary N) is 2. The van der Waals surface area contributed by atoms with E-state index in [2.05, 4.69) is 25.6 Å². The fourth-order valence-corrected chi connectivity index (χ4v) is 9.22. The number of amides is 2. The van der Waals surface area contributed by atoms with E-state index in [1.165, 1.54) is 12.3 Å². The Morgan fingerprint density at radius 2 is 1.25 bits per heavy atom. The number of fused-ring (bicyclic) bond motifs is 2. The molecule has 4 aromatic rings. The zero-order chi connectivity index (χ0) is 43.6. The third kappa shape index (κ3) is 15.0. The molecule has 2 aromatic carbocycles. The van der Waals surface area contributed by atoms with E-state index in [0.29, 0.717) is 47.5 Å². The van der Waals surface area contributed by atoms with Crippen LogP contribution in [0.5, 0.6) is 0 Å². The van der Waals surface area contributed by atoms with Gasteiger partial charge in [-0.25, -0.2) is 26.4 Å². The van der Waals surface area contributed by atoms with Gasteiger partial charge < -0.3 is 20.1 Å². The first kappa shape index (κ1) is 50.0. The predicted octanol–water partition coefficient (Wildman–Crippen LogP) is 8.64. The number of benzene rings is 2. The maximum atomic E-state index is 13.2. The smallest absolute Gasteiger partial charge is 0.407 e. The number of nitrogens with zero attached hydrogens (tertiary/aromatic N) is 4. The Balaban J connectivity index is 0.000000262. The van der Waals surface area contributed by atoms with Gasteiger partial charge in [0.1, 0.15) is 11.2 Å². The summed E-state index contributed by atoms with van der Waals surface area (Å²) in [6.07, 6.45) is 13.5. The van der Waals surface area contributed by atoms with Crippen LogP contribution in [0, 0.1) is 11.8 Å². The second-order valence-corrected chi connectivity index (χ2v) is 20.8. The minimum atomic E-state index is -3.68. The van der Waals surface area contributed by atoms with Crippen molar-refractivity contribution >= 4 is 82.1 Å². The molecule has 2 aliphatic rings. The van der Waals surface area contributed by atoms with Gasteiger partial charge in [0.25, 0.3) is 9.05 Å². The van der Waals surface area contributed by atoms with Crippen molar-refractivity contribution in [2.75, 3.05) is 13.1 Å². The highest BCUT2D eigenvalue weighted by Gasteiger charge is 2.33. The number of halogens is 2. The van der Waals surface area contributed by atoms with Gasteiger partial charge in [-0.1, -0.05) is 30.3 Å². The Morgan fingerprint density at radius 1 is 0.767 bits per heavy atom. The van der Waals surface area contributed by atoms with Crippen molar-refractivity contribution in [3.63, 3.8) is 0 Å². The number of carbonyl (C=O) groups excluding carboxylic acids is 2. The highest BCUT2D eigenvalue weighted by atomic mass is 35.7. The molecule has 4 heterocycles. The van der Waals surface area contributed by atoms with Crippen molar-refractivity contribution in [2.24, 2.45) is 16.8 Å². The average Bonchev–Trinajstić information content (AvgIpc) is 3.16. The zero-order valence-electron chi connectivity index (χ0n) is 35.2. The summed E-state index contributed by atoms with van der Waals surface area (Å²) < 4.78 is 60.9. The number of ether oxygens (including phenoxy) is 2. The number of carbonyl (C=O) groups is 2. The number of hydrogen-bond acceptors (Lipinski definition) is 11. The van der Waals surface area contributed by atoms with E-state index in [1.807, 2.05) is 73.7 Å². The molecule has 2 N–H and O–H groups in total. The van der Waals surface area contributed by atoms with E-state index in [0.717, 1.165) is 17.2 Å². The monoisotopic (exact) mass is 906 g/mol. The Labute approximate surface area is 364 Å². The molecule has 1 unspecified atom stereocenters. The van der Waals surface area contributed by atoms with E-state index in [-0.39, 0.29) is 41.4 Å². The minimum absolute atomic E-state index is 0. The number of sulfonamides is 1. The van der Waals surface area contributed by atoms with Crippen LogP contribution < -0.4 is 10.6 Å². The molecule has 18 heteroatoms. The first-order valence-corrected chi connectivity index (χ1v) is 23.1.